The molecule has 0 heterocycles. The average Bonchev–Trinajstić information content (AvgIpc) is 2.54. The molecule has 3 nitrogen and oxygen atoms in total. The predicted molar refractivity (Wildman–Crippen MR) is 85.6 cm³/mol. The Balaban J connectivity index is 2.03. The van der Waals surface area contributed by atoms with Crippen molar-refractivity contribution in [2.75, 3.05) is 11.2 Å². The van der Waals surface area contributed by atoms with Crippen LogP contribution >= 0.6 is 11.6 Å². The molecule has 0 radical (unpaired) electrons. The average molecular weight is 318 g/mol. The number of nitrogens with one attached hydrogen (secondary N) is 1. The van der Waals surface area contributed by atoms with E-state index in [4.69, 9.17) is 11.6 Å². The molecular formula is C17H13ClFNO2. The molecule has 112 valence electrons. The van der Waals surface area contributed by atoms with Crippen LogP contribution in [0.3, 0.4) is 0 Å². The Bertz CT molecular complexity index is 694. The van der Waals surface area contributed by atoms with Gasteiger partial charge in [0.2, 0.25) is 5.91 Å². The Hall–Kier alpha value is -2.46. The highest BCUT2D eigenvalue weighted by Gasteiger charge is 2.03. The molecule has 0 unspecified atom stereocenters. The third kappa shape index (κ3) is 4.53. The molecule has 1 amide bonds. The fourth-order valence-electron chi connectivity index (χ4n) is 1.75. The van der Waals surface area contributed by atoms with Crippen LogP contribution in [0.5, 0.6) is 0 Å². The van der Waals surface area contributed by atoms with Gasteiger partial charge in [0.05, 0.1) is 0 Å². The molecule has 0 fully saturated rings. The van der Waals surface area contributed by atoms with E-state index in [9.17, 15) is 14.0 Å². The SMILES string of the molecule is O=C(CCl)Nc1ccc(C(=O)/C=C/c2ccc(F)cc2)cc1. The lowest BCUT2D eigenvalue weighted by atomic mass is 10.1. The van der Waals surface area contributed by atoms with Gasteiger partial charge in [0.1, 0.15) is 11.7 Å². The topological polar surface area (TPSA) is 46.2 Å². The summed E-state index contributed by atoms with van der Waals surface area (Å²) in [6.45, 7) is 0. The highest BCUT2D eigenvalue weighted by molar-refractivity contribution is 6.29. The molecule has 22 heavy (non-hydrogen) atoms. The molecule has 2 aromatic carbocycles. The molecule has 2 rings (SSSR count). The van der Waals surface area contributed by atoms with Crippen LogP contribution in [0.15, 0.2) is 54.6 Å². The molecule has 0 aliphatic heterocycles. The number of hydrogen-bond acceptors (Lipinski definition) is 2. The first-order valence-corrected chi connectivity index (χ1v) is 7.06. The van der Waals surface area contributed by atoms with Crippen molar-refractivity contribution in [3.63, 3.8) is 0 Å². The molecular weight excluding hydrogens is 305 g/mol. The van der Waals surface area contributed by atoms with Gasteiger partial charge >= 0.3 is 0 Å². The van der Waals surface area contributed by atoms with Crippen molar-refractivity contribution in [2.45, 2.75) is 0 Å². The van der Waals surface area contributed by atoms with Gasteiger partial charge in [-0.1, -0.05) is 18.2 Å². The molecule has 0 spiro atoms. The number of hydrogen-bond donors (Lipinski definition) is 1. The summed E-state index contributed by atoms with van der Waals surface area (Å²) in [5, 5.41) is 2.59. The number of alkyl halides is 1. The Kier molecular flexibility index (Phi) is 5.44. The fraction of sp³-hybridized carbons (Fsp3) is 0.0588. The Morgan fingerprint density at radius 3 is 2.27 bits per heavy atom. The van der Waals surface area contributed by atoms with E-state index in [2.05, 4.69) is 5.32 Å². The zero-order valence-corrected chi connectivity index (χ0v) is 12.3. The van der Waals surface area contributed by atoms with Gasteiger partial charge in [-0.05, 0) is 48.0 Å². The van der Waals surface area contributed by atoms with Crippen LogP contribution in [0, 0.1) is 5.82 Å². The number of amides is 1. The minimum atomic E-state index is -0.321. The van der Waals surface area contributed by atoms with Gasteiger partial charge in [-0.3, -0.25) is 9.59 Å². The Labute approximate surface area is 132 Å². The minimum absolute atomic E-state index is 0.124. The van der Waals surface area contributed by atoms with E-state index in [1.54, 1.807) is 42.5 Å². The van der Waals surface area contributed by atoms with E-state index >= 15 is 0 Å². The van der Waals surface area contributed by atoms with Gasteiger partial charge in [0.25, 0.3) is 0 Å². The maximum Gasteiger partial charge on any atom is 0.239 e. The van der Waals surface area contributed by atoms with Crippen LogP contribution in [0.4, 0.5) is 10.1 Å². The summed E-state index contributed by atoms with van der Waals surface area (Å²) in [4.78, 5) is 23.1. The molecule has 0 bridgehead atoms. The third-order valence-electron chi connectivity index (χ3n) is 2.87. The number of carbonyl (C=O) groups excluding carboxylic acids is 2. The number of benzene rings is 2. The van der Waals surface area contributed by atoms with Crippen molar-refractivity contribution < 1.29 is 14.0 Å². The first-order chi connectivity index (χ1) is 10.6. The standard InChI is InChI=1S/C17H13ClFNO2/c18-11-17(22)20-15-8-4-13(5-9-15)16(21)10-3-12-1-6-14(19)7-2-12/h1-10H,11H2,(H,20,22)/b10-3+. The van der Waals surface area contributed by atoms with Crippen molar-refractivity contribution in [3.8, 4) is 0 Å². The second-order valence-electron chi connectivity index (χ2n) is 4.51. The largest absolute Gasteiger partial charge is 0.325 e. The minimum Gasteiger partial charge on any atom is -0.325 e. The number of carbonyl (C=O) groups is 2. The van der Waals surface area contributed by atoms with Crippen molar-refractivity contribution >= 4 is 35.1 Å². The number of anilines is 1. The maximum atomic E-state index is 12.8. The normalized spacial score (nSPS) is 10.6. The van der Waals surface area contributed by atoms with Crippen LogP contribution in [0.2, 0.25) is 0 Å². The number of halogens is 2. The molecule has 0 aliphatic rings. The summed E-state index contributed by atoms with van der Waals surface area (Å²) >= 11 is 5.39. The van der Waals surface area contributed by atoms with Crippen LogP contribution < -0.4 is 5.32 Å². The second kappa shape index (κ2) is 7.52. The Morgan fingerprint density at radius 1 is 1.05 bits per heavy atom. The number of allylic oxidation sites excluding steroid dienone is 1. The first kappa shape index (κ1) is 15.9. The van der Waals surface area contributed by atoms with Crippen LogP contribution in [-0.4, -0.2) is 17.6 Å². The lowest BCUT2D eigenvalue weighted by Gasteiger charge is -2.03. The smallest absolute Gasteiger partial charge is 0.239 e. The zero-order valence-electron chi connectivity index (χ0n) is 11.6. The summed E-state index contributed by atoms with van der Waals surface area (Å²) in [6.07, 6.45) is 3.03. The van der Waals surface area contributed by atoms with E-state index in [-0.39, 0.29) is 23.4 Å². The molecule has 5 heteroatoms. The fourth-order valence-corrected chi connectivity index (χ4v) is 1.82. The summed E-state index contributed by atoms with van der Waals surface area (Å²) < 4.78 is 12.8. The lowest BCUT2D eigenvalue weighted by molar-refractivity contribution is -0.113. The molecule has 0 saturated heterocycles. The van der Waals surface area contributed by atoms with Gasteiger partial charge in [0, 0.05) is 11.3 Å². The Morgan fingerprint density at radius 2 is 1.68 bits per heavy atom. The van der Waals surface area contributed by atoms with E-state index in [1.807, 2.05) is 0 Å². The highest BCUT2D eigenvalue weighted by atomic mass is 35.5. The van der Waals surface area contributed by atoms with Crippen molar-refractivity contribution in [1.82, 2.24) is 0 Å². The summed E-state index contributed by atoms with van der Waals surface area (Å²) in [5.41, 5.74) is 1.80. The van der Waals surface area contributed by atoms with E-state index in [0.29, 0.717) is 11.3 Å². The molecule has 0 aromatic heterocycles. The molecule has 1 N–H and O–H groups in total. The summed E-state index contributed by atoms with van der Waals surface area (Å²) in [7, 11) is 0. The van der Waals surface area contributed by atoms with Crippen molar-refractivity contribution in [1.29, 1.82) is 0 Å². The summed E-state index contributed by atoms with van der Waals surface area (Å²) in [5.74, 6) is -0.935. The highest BCUT2D eigenvalue weighted by Crippen LogP contribution is 2.12. The number of ketones is 1. The van der Waals surface area contributed by atoms with E-state index < -0.39 is 0 Å². The predicted octanol–water partition coefficient (Wildman–Crippen LogP) is 3.90. The molecule has 0 aliphatic carbocycles. The molecule has 2 aromatic rings. The van der Waals surface area contributed by atoms with Gasteiger partial charge in [-0.2, -0.15) is 0 Å². The maximum absolute atomic E-state index is 12.8. The van der Waals surface area contributed by atoms with E-state index in [0.717, 1.165) is 5.56 Å². The summed E-state index contributed by atoms with van der Waals surface area (Å²) in [6, 6.07) is 12.3. The first-order valence-electron chi connectivity index (χ1n) is 6.52. The van der Waals surface area contributed by atoms with Crippen LogP contribution in [-0.2, 0) is 4.79 Å². The lowest BCUT2D eigenvalue weighted by Crippen LogP contribution is -2.12. The monoisotopic (exact) mass is 317 g/mol. The van der Waals surface area contributed by atoms with Crippen molar-refractivity contribution in [3.05, 3.63) is 71.6 Å². The van der Waals surface area contributed by atoms with Crippen LogP contribution in [0.1, 0.15) is 15.9 Å². The van der Waals surface area contributed by atoms with Crippen LogP contribution in [0.25, 0.3) is 6.08 Å². The third-order valence-corrected chi connectivity index (χ3v) is 3.11. The van der Waals surface area contributed by atoms with Gasteiger partial charge in [-0.15, -0.1) is 11.6 Å². The quantitative estimate of drug-likeness (QED) is 0.516. The molecule has 0 saturated carbocycles. The van der Waals surface area contributed by atoms with Gasteiger partial charge < -0.3 is 5.32 Å². The van der Waals surface area contributed by atoms with Crippen molar-refractivity contribution in [2.24, 2.45) is 0 Å². The van der Waals surface area contributed by atoms with Gasteiger partial charge in [-0.25, -0.2) is 4.39 Å². The van der Waals surface area contributed by atoms with E-state index in [1.165, 1.54) is 18.2 Å². The molecule has 0 atom stereocenters. The number of rotatable bonds is 5. The van der Waals surface area contributed by atoms with Gasteiger partial charge in [0.15, 0.2) is 5.78 Å². The zero-order chi connectivity index (χ0) is 15.9. The second-order valence-corrected chi connectivity index (χ2v) is 4.78.